The van der Waals surface area contributed by atoms with Gasteiger partial charge in [-0.2, -0.15) is 0 Å². The Labute approximate surface area is 93.9 Å². The summed E-state index contributed by atoms with van der Waals surface area (Å²) in [5.41, 5.74) is 0.863. The number of aromatic nitrogens is 2. The molecule has 3 nitrogen and oxygen atoms in total. The number of pyridine rings is 1. The fourth-order valence-corrected chi connectivity index (χ4v) is 2.46. The van der Waals surface area contributed by atoms with Crippen LogP contribution in [-0.4, -0.2) is 17.1 Å². The molecule has 0 radical (unpaired) electrons. The summed E-state index contributed by atoms with van der Waals surface area (Å²) in [4.78, 5) is 8.51. The van der Waals surface area contributed by atoms with Crippen LogP contribution in [0.25, 0.3) is 10.7 Å². The van der Waals surface area contributed by atoms with E-state index in [4.69, 9.17) is 4.74 Å². The Bertz CT molecular complexity index is 430. The molecule has 0 N–H and O–H groups in total. The van der Waals surface area contributed by atoms with Crippen LogP contribution in [0.3, 0.4) is 0 Å². The van der Waals surface area contributed by atoms with Gasteiger partial charge >= 0.3 is 0 Å². The maximum atomic E-state index is 5.13. The standard InChI is InChI=1S/C9H7BrN2OS/c1-13-9-7(10)12-8(14-9)6-4-2-3-5-11-6/h2-5H,1H3. The summed E-state index contributed by atoms with van der Waals surface area (Å²) in [6.45, 7) is 0. The average molecular weight is 271 g/mol. The number of ether oxygens (including phenoxy) is 1. The van der Waals surface area contributed by atoms with Gasteiger partial charge in [-0.15, -0.1) is 0 Å². The number of halogens is 1. The molecule has 0 unspecified atom stereocenters. The van der Waals surface area contributed by atoms with Crippen LogP contribution in [0.4, 0.5) is 0 Å². The molecule has 72 valence electrons. The molecule has 0 saturated heterocycles. The van der Waals surface area contributed by atoms with Gasteiger partial charge in [0.25, 0.3) is 0 Å². The van der Waals surface area contributed by atoms with E-state index in [-0.39, 0.29) is 0 Å². The summed E-state index contributed by atoms with van der Waals surface area (Å²) in [5.74, 6) is 0. The van der Waals surface area contributed by atoms with Crippen molar-refractivity contribution in [3.8, 4) is 15.8 Å². The second-order valence-electron chi connectivity index (χ2n) is 2.52. The predicted molar refractivity (Wildman–Crippen MR) is 59.6 cm³/mol. The molecule has 0 saturated carbocycles. The third kappa shape index (κ3) is 1.78. The highest BCUT2D eigenvalue weighted by molar-refractivity contribution is 9.10. The summed E-state index contributed by atoms with van der Waals surface area (Å²) in [5, 5.41) is 1.62. The predicted octanol–water partition coefficient (Wildman–Crippen LogP) is 2.98. The monoisotopic (exact) mass is 270 g/mol. The van der Waals surface area contributed by atoms with Crippen molar-refractivity contribution in [1.82, 2.24) is 9.97 Å². The van der Waals surface area contributed by atoms with Crippen molar-refractivity contribution in [1.29, 1.82) is 0 Å². The molecule has 0 atom stereocenters. The molecule has 2 rings (SSSR count). The number of thiazole rings is 1. The Morgan fingerprint density at radius 3 is 2.86 bits per heavy atom. The van der Waals surface area contributed by atoms with Gasteiger partial charge < -0.3 is 4.74 Å². The number of hydrogen-bond donors (Lipinski definition) is 0. The lowest BCUT2D eigenvalue weighted by atomic mass is 10.4. The zero-order chi connectivity index (χ0) is 9.97. The molecule has 14 heavy (non-hydrogen) atoms. The van der Waals surface area contributed by atoms with Crippen LogP contribution in [0.2, 0.25) is 0 Å². The lowest BCUT2D eigenvalue weighted by Gasteiger charge is -1.91. The van der Waals surface area contributed by atoms with Gasteiger partial charge in [-0.1, -0.05) is 17.4 Å². The van der Waals surface area contributed by atoms with Crippen molar-refractivity contribution in [2.24, 2.45) is 0 Å². The smallest absolute Gasteiger partial charge is 0.209 e. The van der Waals surface area contributed by atoms with Crippen molar-refractivity contribution in [2.45, 2.75) is 0 Å². The highest BCUT2D eigenvalue weighted by Gasteiger charge is 2.10. The molecule has 0 aliphatic rings. The molecule has 5 heteroatoms. The molecule has 0 fully saturated rings. The molecule has 0 aliphatic heterocycles. The third-order valence-electron chi connectivity index (χ3n) is 1.63. The SMILES string of the molecule is COc1sc(-c2ccccn2)nc1Br. The third-order valence-corrected chi connectivity index (χ3v) is 3.47. The van der Waals surface area contributed by atoms with Crippen LogP contribution < -0.4 is 4.74 Å². The zero-order valence-electron chi connectivity index (χ0n) is 7.40. The van der Waals surface area contributed by atoms with Crippen LogP contribution in [0.1, 0.15) is 0 Å². The average Bonchev–Trinajstić information content (AvgIpc) is 2.61. The van der Waals surface area contributed by atoms with E-state index < -0.39 is 0 Å². The van der Waals surface area contributed by atoms with Crippen molar-refractivity contribution >= 4 is 27.3 Å². The lowest BCUT2D eigenvalue weighted by Crippen LogP contribution is -1.79. The van der Waals surface area contributed by atoms with Crippen molar-refractivity contribution in [3.05, 3.63) is 29.0 Å². The minimum atomic E-state index is 0.727. The first-order chi connectivity index (χ1) is 6.81. The summed E-state index contributed by atoms with van der Waals surface area (Å²) in [7, 11) is 1.63. The van der Waals surface area contributed by atoms with E-state index in [2.05, 4.69) is 25.9 Å². The molecule has 2 aromatic heterocycles. The van der Waals surface area contributed by atoms with Gasteiger partial charge in [0.15, 0.2) is 4.60 Å². The van der Waals surface area contributed by atoms with Crippen LogP contribution in [0.15, 0.2) is 29.0 Å². The highest BCUT2D eigenvalue weighted by atomic mass is 79.9. The number of methoxy groups -OCH3 is 1. The topological polar surface area (TPSA) is 35.0 Å². The van der Waals surface area contributed by atoms with E-state index in [1.54, 1.807) is 13.3 Å². The Morgan fingerprint density at radius 1 is 1.43 bits per heavy atom. The molecule has 0 aliphatic carbocycles. The minimum absolute atomic E-state index is 0.727. The Morgan fingerprint density at radius 2 is 2.29 bits per heavy atom. The first-order valence-electron chi connectivity index (χ1n) is 3.93. The fraction of sp³-hybridized carbons (Fsp3) is 0.111. The van der Waals surface area contributed by atoms with E-state index in [9.17, 15) is 0 Å². The van der Waals surface area contributed by atoms with Crippen LogP contribution in [0, 0.1) is 0 Å². The molecule has 2 heterocycles. The van der Waals surface area contributed by atoms with E-state index in [1.807, 2.05) is 18.2 Å². The normalized spacial score (nSPS) is 10.1. The number of nitrogens with zero attached hydrogens (tertiary/aromatic N) is 2. The largest absolute Gasteiger partial charge is 0.485 e. The van der Waals surface area contributed by atoms with Gasteiger partial charge in [-0.05, 0) is 28.1 Å². The van der Waals surface area contributed by atoms with Crippen molar-refractivity contribution in [3.63, 3.8) is 0 Å². The second-order valence-corrected chi connectivity index (χ2v) is 4.23. The molecule has 2 aromatic rings. The summed E-state index contributed by atoms with van der Waals surface area (Å²) in [6, 6.07) is 5.73. The molecular weight excluding hydrogens is 264 g/mol. The van der Waals surface area contributed by atoms with Crippen LogP contribution >= 0.6 is 27.3 Å². The Hall–Kier alpha value is -0.940. The first kappa shape index (κ1) is 9.61. The minimum Gasteiger partial charge on any atom is -0.485 e. The molecular formula is C9H7BrN2OS. The van der Waals surface area contributed by atoms with Gasteiger partial charge in [0.2, 0.25) is 5.06 Å². The van der Waals surface area contributed by atoms with Crippen molar-refractivity contribution < 1.29 is 4.74 Å². The lowest BCUT2D eigenvalue weighted by molar-refractivity contribution is 0.423. The summed E-state index contributed by atoms with van der Waals surface area (Å²) < 4.78 is 5.86. The molecule has 0 aromatic carbocycles. The maximum absolute atomic E-state index is 5.13. The van der Waals surface area contributed by atoms with Crippen LogP contribution in [0.5, 0.6) is 5.06 Å². The van der Waals surface area contributed by atoms with Gasteiger partial charge in [-0.25, -0.2) is 4.98 Å². The quantitative estimate of drug-likeness (QED) is 0.842. The van der Waals surface area contributed by atoms with Gasteiger partial charge in [0.05, 0.1) is 12.8 Å². The van der Waals surface area contributed by atoms with E-state index >= 15 is 0 Å². The molecule has 0 bridgehead atoms. The van der Waals surface area contributed by atoms with E-state index in [0.717, 1.165) is 20.4 Å². The van der Waals surface area contributed by atoms with Gasteiger partial charge in [0, 0.05) is 6.20 Å². The van der Waals surface area contributed by atoms with Crippen molar-refractivity contribution in [2.75, 3.05) is 7.11 Å². The van der Waals surface area contributed by atoms with Gasteiger partial charge in [0.1, 0.15) is 5.01 Å². The van der Waals surface area contributed by atoms with E-state index in [1.165, 1.54) is 11.3 Å². The zero-order valence-corrected chi connectivity index (χ0v) is 9.80. The fourth-order valence-electron chi connectivity index (χ4n) is 1.01. The molecule has 0 spiro atoms. The highest BCUT2D eigenvalue weighted by Crippen LogP contribution is 2.35. The number of hydrogen-bond acceptors (Lipinski definition) is 4. The summed E-state index contributed by atoms with van der Waals surface area (Å²) >= 11 is 4.79. The Kier molecular flexibility index (Phi) is 2.79. The van der Waals surface area contributed by atoms with Crippen LogP contribution in [-0.2, 0) is 0 Å². The van der Waals surface area contributed by atoms with E-state index in [0.29, 0.717) is 0 Å². The first-order valence-corrected chi connectivity index (χ1v) is 5.54. The summed E-state index contributed by atoms with van der Waals surface area (Å²) in [6.07, 6.45) is 1.75. The maximum Gasteiger partial charge on any atom is 0.209 e. The second kappa shape index (κ2) is 4.06. The number of rotatable bonds is 2. The Balaban J connectivity index is 2.43. The molecule has 0 amide bonds. The van der Waals surface area contributed by atoms with Gasteiger partial charge in [-0.3, -0.25) is 4.98 Å².